The molecule has 0 aromatic heterocycles. The molecule has 0 amide bonds. The minimum atomic E-state index is 0.570. The number of hydrogen-bond acceptors (Lipinski definition) is 1. The average Bonchev–Trinajstić information content (AvgIpc) is 1.65. The van der Waals surface area contributed by atoms with E-state index < -0.39 is 0 Å². The molecule has 1 heterocycles. The van der Waals surface area contributed by atoms with Gasteiger partial charge in [-0.1, -0.05) is 29.5 Å². The molecule has 7 heavy (non-hydrogen) atoms. The van der Waals surface area contributed by atoms with Crippen molar-refractivity contribution in [1.82, 2.24) is 0 Å². The highest BCUT2D eigenvalue weighted by Gasteiger charge is 2.25. The zero-order chi connectivity index (χ0) is 5.28. The number of rotatable bonds is 1. The van der Waals surface area contributed by atoms with Gasteiger partial charge in [0, 0.05) is 10.3 Å². The molecular weight excluding hydrogens is 203 g/mol. The molecule has 0 unspecified atom stereocenters. The van der Waals surface area contributed by atoms with E-state index in [9.17, 15) is 0 Å². The summed E-state index contributed by atoms with van der Waals surface area (Å²) in [5.74, 6) is 0.817. The molecule has 1 aliphatic heterocycles. The summed E-state index contributed by atoms with van der Waals surface area (Å²) in [6.07, 6.45) is 0.570. The van der Waals surface area contributed by atoms with Crippen molar-refractivity contribution in [2.45, 2.75) is 13.0 Å². The number of halogens is 1. The predicted octanol–water partition coefficient (Wildman–Crippen LogP) is 1.46. The Labute approximate surface area is 57.6 Å². The molecule has 0 aromatic carbocycles. The van der Waals surface area contributed by atoms with Crippen molar-refractivity contribution in [2.24, 2.45) is 5.92 Å². The van der Waals surface area contributed by atoms with Gasteiger partial charge in [0.2, 0.25) is 0 Å². The van der Waals surface area contributed by atoms with Crippen molar-refractivity contribution < 1.29 is 4.74 Å². The third-order valence-electron chi connectivity index (χ3n) is 1.36. The van der Waals surface area contributed by atoms with Gasteiger partial charge in [-0.2, -0.15) is 0 Å². The lowest BCUT2D eigenvalue weighted by Gasteiger charge is -2.32. The summed E-state index contributed by atoms with van der Waals surface area (Å²) in [6, 6.07) is 0. The Bertz CT molecular complexity index is 63.1. The standard InChI is InChI=1S/C5H9IO/c1-4-3-7-5(4)2-6/h4-5H,2-3H2,1H3/t4-,5+/m1/s1. The minimum Gasteiger partial charge on any atom is -0.377 e. The molecule has 2 heteroatoms. The van der Waals surface area contributed by atoms with E-state index in [1.165, 1.54) is 0 Å². The van der Waals surface area contributed by atoms with Crippen molar-refractivity contribution >= 4 is 22.6 Å². The van der Waals surface area contributed by atoms with Gasteiger partial charge >= 0.3 is 0 Å². The van der Waals surface area contributed by atoms with Crippen LogP contribution in [0.25, 0.3) is 0 Å². The SMILES string of the molecule is C[C@@H]1CO[C@H]1CI. The van der Waals surface area contributed by atoms with Gasteiger partial charge in [0.25, 0.3) is 0 Å². The van der Waals surface area contributed by atoms with Crippen LogP contribution >= 0.6 is 22.6 Å². The molecule has 0 N–H and O–H groups in total. The molecule has 1 fully saturated rings. The fraction of sp³-hybridized carbons (Fsp3) is 1.00. The second-order valence-corrected chi connectivity index (χ2v) is 2.88. The summed E-state index contributed by atoms with van der Waals surface area (Å²) in [5.41, 5.74) is 0. The second kappa shape index (κ2) is 2.31. The quantitative estimate of drug-likeness (QED) is 0.472. The molecule has 0 aliphatic carbocycles. The van der Waals surface area contributed by atoms with Gasteiger partial charge in [-0.25, -0.2) is 0 Å². The molecule has 42 valence electrons. The van der Waals surface area contributed by atoms with E-state index in [4.69, 9.17) is 4.74 Å². The Balaban J connectivity index is 2.16. The number of alkyl halides is 1. The smallest absolute Gasteiger partial charge is 0.0712 e. The highest BCUT2D eigenvalue weighted by Crippen LogP contribution is 2.20. The van der Waals surface area contributed by atoms with E-state index >= 15 is 0 Å². The molecule has 1 aliphatic rings. The van der Waals surface area contributed by atoms with Gasteiger partial charge in [0.05, 0.1) is 12.7 Å². The highest BCUT2D eigenvalue weighted by atomic mass is 127. The predicted molar refractivity (Wildman–Crippen MR) is 37.8 cm³/mol. The van der Waals surface area contributed by atoms with Crippen LogP contribution in [0, 0.1) is 5.92 Å². The topological polar surface area (TPSA) is 9.23 Å². The van der Waals surface area contributed by atoms with Gasteiger partial charge in [-0.15, -0.1) is 0 Å². The Morgan fingerprint density at radius 1 is 1.86 bits per heavy atom. The van der Waals surface area contributed by atoms with Crippen LogP contribution in [0.2, 0.25) is 0 Å². The molecule has 0 radical (unpaired) electrons. The van der Waals surface area contributed by atoms with Gasteiger partial charge in [-0.05, 0) is 0 Å². The van der Waals surface area contributed by atoms with E-state index in [0.29, 0.717) is 6.10 Å². The van der Waals surface area contributed by atoms with Crippen LogP contribution in [0.15, 0.2) is 0 Å². The molecule has 1 nitrogen and oxygen atoms in total. The maximum Gasteiger partial charge on any atom is 0.0712 e. The van der Waals surface area contributed by atoms with E-state index in [2.05, 4.69) is 29.5 Å². The summed E-state index contributed by atoms with van der Waals surface area (Å²) >= 11 is 2.35. The van der Waals surface area contributed by atoms with Crippen molar-refractivity contribution in [3.05, 3.63) is 0 Å². The van der Waals surface area contributed by atoms with Crippen molar-refractivity contribution in [3.8, 4) is 0 Å². The fourth-order valence-corrected chi connectivity index (χ4v) is 1.74. The maximum atomic E-state index is 5.18. The van der Waals surface area contributed by atoms with Crippen LogP contribution in [-0.4, -0.2) is 17.1 Å². The zero-order valence-corrected chi connectivity index (χ0v) is 6.51. The molecule has 0 aromatic rings. The van der Waals surface area contributed by atoms with E-state index in [1.54, 1.807) is 0 Å². The van der Waals surface area contributed by atoms with Gasteiger partial charge < -0.3 is 4.74 Å². The molecule has 1 saturated heterocycles. The minimum absolute atomic E-state index is 0.570. The fourth-order valence-electron chi connectivity index (χ4n) is 0.621. The van der Waals surface area contributed by atoms with Crippen molar-refractivity contribution in [1.29, 1.82) is 0 Å². The van der Waals surface area contributed by atoms with Gasteiger partial charge in [0.15, 0.2) is 0 Å². The first-order valence-electron chi connectivity index (χ1n) is 2.52. The molecular formula is C5H9IO. The summed E-state index contributed by atoms with van der Waals surface area (Å²) in [6.45, 7) is 3.21. The lowest BCUT2D eigenvalue weighted by molar-refractivity contribution is -0.0890. The number of hydrogen-bond donors (Lipinski definition) is 0. The third-order valence-corrected chi connectivity index (χ3v) is 2.23. The second-order valence-electron chi connectivity index (χ2n) is 2.00. The van der Waals surface area contributed by atoms with E-state index in [-0.39, 0.29) is 0 Å². The normalized spacial score (nSPS) is 40.3. The van der Waals surface area contributed by atoms with Crippen molar-refractivity contribution in [2.75, 3.05) is 11.0 Å². The van der Waals surface area contributed by atoms with Crippen LogP contribution in [0.3, 0.4) is 0 Å². The van der Waals surface area contributed by atoms with Gasteiger partial charge in [0.1, 0.15) is 0 Å². The van der Waals surface area contributed by atoms with Gasteiger partial charge in [-0.3, -0.25) is 0 Å². The molecule has 2 atom stereocenters. The first kappa shape index (κ1) is 5.82. The summed E-state index contributed by atoms with van der Waals surface area (Å²) in [4.78, 5) is 0. The Kier molecular flexibility index (Phi) is 1.92. The average molecular weight is 212 g/mol. The summed E-state index contributed by atoms with van der Waals surface area (Å²) < 4.78 is 6.34. The largest absolute Gasteiger partial charge is 0.377 e. The zero-order valence-electron chi connectivity index (χ0n) is 4.36. The van der Waals surface area contributed by atoms with Crippen molar-refractivity contribution in [3.63, 3.8) is 0 Å². The monoisotopic (exact) mass is 212 g/mol. The lowest BCUT2D eigenvalue weighted by Crippen LogP contribution is -2.38. The Hall–Kier alpha value is 0.690. The summed E-state index contributed by atoms with van der Waals surface area (Å²) in [7, 11) is 0. The molecule has 0 bridgehead atoms. The number of ether oxygens (including phenoxy) is 1. The third kappa shape index (κ3) is 1.08. The van der Waals surface area contributed by atoms with Crippen LogP contribution in [0.4, 0.5) is 0 Å². The van der Waals surface area contributed by atoms with Crippen LogP contribution in [0.1, 0.15) is 6.92 Å². The maximum absolute atomic E-state index is 5.18. The molecule has 0 saturated carbocycles. The Morgan fingerprint density at radius 3 is 2.57 bits per heavy atom. The van der Waals surface area contributed by atoms with E-state index in [0.717, 1.165) is 17.0 Å². The summed E-state index contributed by atoms with van der Waals surface area (Å²) in [5, 5.41) is 0. The first-order chi connectivity index (χ1) is 3.34. The van der Waals surface area contributed by atoms with E-state index in [1.807, 2.05) is 0 Å². The first-order valence-corrected chi connectivity index (χ1v) is 4.04. The lowest BCUT2D eigenvalue weighted by atomic mass is 10.0. The molecule has 0 spiro atoms. The Morgan fingerprint density at radius 2 is 2.57 bits per heavy atom. The van der Waals surface area contributed by atoms with Crippen LogP contribution < -0.4 is 0 Å². The molecule has 1 rings (SSSR count). The van der Waals surface area contributed by atoms with Crippen LogP contribution in [-0.2, 0) is 4.74 Å². The van der Waals surface area contributed by atoms with Crippen LogP contribution in [0.5, 0.6) is 0 Å². The highest BCUT2D eigenvalue weighted by molar-refractivity contribution is 14.1.